The Bertz CT molecular complexity index is 218. The van der Waals surface area contributed by atoms with Gasteiger partial charge in [0, 0.05) is 18.5 Å². The lowest BCUT2D eigenvalue weighted by atomic mass is 9.84. The first-order valence-corrected chi connectivity index (χ1v) is 6.43. The smallest absolute Gasteiger partial charge is 0.0742 e. The molecule has 0 saturated heterocycles. The Morgan fingerprint density at radius 1 is 1.47 bits per heavy atom. The minimum Gasteiger partial charge on any atom is -0.393 e. The Kier molecular flexibility index (Phi) is 5.00. The summed E-state index contributed by atoms with van der Waals surface area (Å²) in [6.45, 7) is 4.59. The van der Waals surface area contributed by atoms with Crippen LogP contribution in [0, 0.1) is 5.92 Å². The maximum atomic E-state index is 5.60. The van der Waals surface area contributed by atoms with Crippen molar-refractivity contribution in [2.75, 3.05) is 7.05 Å². The Labute approximate surface area is 99.2 Å². The zero-order valence-corrected chi connectivity index (χ0v) is 11.0. The average molecular weight is 228 g/mol. The van der Waals surface area contributed by atoms with E-state index >= 15 is 0 Å². The second-order valence-corrected chi connectivity index (χ2v) is 5.54. The highest BCUT2D eigenvalue weighted by molar-refractivity contribution is 7.80. The second kappa shape index (κ2) is 5.80. The molecule has 3 unspecified atom stereocenters. The third-order valence-corrected chi connectivity index (χ3v) is 3.95. The third kappa shape index (κ3) is 3.72. The molecule has 1 aliphatic rings. The van der Waals surface area contributed by atoms with Crippen molar-refractivity contribution in [2.24, 2.45) is 11.7 Å². The van der Waals surface area contributed by atoms with Gasteiger partial charge in [-0.3, -0.25) is 0 Å². The highest BCUT2D eigenvalue weighted by atomic mass is 32.1. The summed E-state index contributed by atoms with van der Waals surface area (Å²) in [6, 6.07) is 1.20. The highest BCUT2D eigenvalue weighted by Gasteiger charge is 2.27. The first kappa shape index (κ1) is 12.9. The van der Waals surface area contributed by atoms with Crippen LogP contribution in [0.3, 0.4) is 0 Å². The molecule has 0 aromatic heterocycles. The molecule has 0 radical (unpaired) electrons. The predicted octanol–water partition coefficient (Wildman–Crippen LogP) is 2.56. The van der Waals surface area contributed by atoms with Crippen LogP contribution < -0.4 is 5.73 Å². The highest BCUT2D eigenvalue weighted by Crippen LogP contribution is 2.28. The van der Waals surface area contributed by atoms with Gasteiger partial charge < -0.3 is 10.6 Å². The summed E-state index contributed by atoms with van der Waals surface area (Å²) < 4.78 is 0. The zero-order chi connectivity index (χ0) is 11.4. The van der Waals surface area contributed by atoms with Crippen LogP contribution in [0.15, 0.2) is 0 Å². The number of hydrogen-bond donors (Lipinski definition) is 1. The van der Waals surface area contributed by atoms with Crippen LogP contribution in [0.5, 0.6) is 0 Å². The molecule has 0 spiro atoms. The van der Waals surface area contributed by atoms with Crippen molar-refractivity contribution in [1.82, 2.24) is 4.90 Å². The van der Waals surface area contributed by atoms with E-state index in [-0.39, 0.29) is 0 Å². The molecule has 2 N–H and O–H groups in total. The summed E-state index contributed by atoms with van der Waals surface area (Å²) in [6.07, 6.45) is 6.32. The van der Waals surface area contributed by atoms with Gasteiger partial charge in [0.15, 0.2) is 0 Å². The standard InChI is InChI=1S/C12H24N2S/c1-9-6-4-5-7-11(9)14(3)10(2)8-12(13)15/h9-11H,4-8H2,1-3H3,(H2,13,15). The maximum Gasteiger partial charge on any atom is 0.0742 e. The first-order chi connectivity index (χ1) is 7.02. The van der Waals surface area contributed by atoms with Crippen LogP contribution in [0.25, 0.3) is 0 Å². The monoisotopic (exact) mass is 228 g/mol. The normalized spacial score (nSPS) is 29.1. The van der Waals surface area contributed by atoms with Crippen molar-refractivity contribution >= 4 is 17.2 Å². The minimum atomic E-state index is 0.480. The molecule has 0 aromatic rings. The van der Waals surface area contributed by atoms with Crippen LogP contribution >= 0.6 is 12.2 Å². The molecule has 3 heteroatoms. The van der Waals surface area contributed by atoms with Gasteiger partial charge in [-0.2, -0.15) is 0 Å². The molecule has 2 nitrogen and oxygen atoms in total. The van der Waals surface area contributed by atoms with Crippen LogP contribution in [0.2, 0.25) is 0 Å². The van der Waals surface area contributed by atoms with Crippen molar-refractivity contribution in [2.45, 2.75) is 58.0 Å². The zero-order valence-electron chi connectivity index (χ0n) is 10.2. The first-order valence-electron chi connectivity index (χ1n) is 6.02. The molecule has 1 saturated carbocycles. The van der Waals surface area contributed by atoms with E-state index in [1.807, 2.05) is 0 Å². The fourth-order valence-electron chi connectivity index (χ4n) is 2.66. The summed E-state index contributed by atoms with van der Waals surface area (Å²) in [7, 11) is 2.22. The molecule has 0 amide bonds. The van der Waals surface area contributed by atoms with Gasteiger partial charge in [0.1, 0.15) is 0 Å². The quantitative estimate of drug-likeness (QED) is 0.750. The molecule has 1 rings (SSSR count). The van der Waals surface area contributed by atoms with Crippen molar-refractivity contribution in [3.63, 3.8) is 0 Å². The molecule has 0 aromatic carbocycles. The SMILES string of the molecule is CC1CCCCC1N(C)C(C)CC(N)=S. The topological polar surface area (TPSA) is 29.3 Å². The van der Waals surface area contributed by atoms with Crippen LogP contribution in [-0.4, -0.2) is 29.0 Å². The van der Waals surface area contributed by atoms with E-state index in [2.05, 4.69) is 25.8 Å². The molecule has 3 atom stereocenters. The molecule has 15 heavy (non-hydrogen) atoms. The molecule has 88 valence electrons. The minimum absolute atomic E-state index is 0.480. The lowest BCUT2D eigenvalue weighted by Crippen LogP contribution is -2.44. The van der Waals surface area contributed by atoms with Crippen LogP contribution in [0.4, 0.5) is 0 Å². The lowest BCUT2D eigenvalue weighted by molar-refractivity contribution is 0.106. The summed E-state index contributed by atoms with van der Waals surface area (Å²) in [4.78, 5) is 3.11. The van der Waals surface area contributed by atoms with Crippen molar-refractivity contribution in [1.29, 1.82) is 0 Å². The molecule has 0 aliphatic heterocycles. The number of hydrogen-bond acceptors (Lipinski definition) is 2. The summed E-state index contributed by atoms with van der Waals surface area (Å²) in [5.41, 5.74) is 5.60. The van der Waals surface area contributed by atoms with Gasteiger partial charge in [0.25, 0.3) is 0 Å². The van der Waals surface area contributed by atoms with E-state index in [0.29, 0.717) is 11.0 Å². The van der Waals surface area contributed by atoms with Gasteiger partial charge in [-0.05, 0) is 32.7 Å². The van der Waals surface area contributed by atoms with Gasteiger partial charge in [-0.15, -0.1) is 0 Å². The lowest BCUT2D eigenvalue weighted by Gasteiger charge is -2.39. The predicted molar refractivity (Wildman–Crippen MR) is 70.0 cm³/mol. The number of rotatable bonds is 4. The van der Waals surface area contributed by atoms with Gasteiger partial charge in [-0.1, -0.05) is 32.0 Å². The van der Waals surface area contributed by atoms with Gasteiger partial charge in [0.05, 0.1) is 4.99 Å². The van der Waals surface area contributed by atoms with Gasteiger partial charge in [-0.25, -0.2) is 0 Å². The van der Waals surface area contributed by atoms with Crippen molar-refractivity contribution in [3.05, 3.63) is 0 Å². The van der Waals surface area contributed by atoms with Crippen LogP contribution in [-0.2, 0) is 0 Å². The second-order valence-electron chi connectivity index (χ2n) is 5.01. The van der Waals surface area contributed by atoms with E-state index in [0.717, 1.165) is 18.4 Å². The van der Waals surface area contributed by atoms with Crippen LogP contribution in [0.1, 0.15) is 46.0 Å². The third-order valence-electron chi connectivity index (χ3n) is 3.78. The van der Waals surface area contributed by atoms with Gasteiger partial charge in [0.2, 0.25) is 0 Å². The van der Waals surface area contributed by atoms with E-state index in [1.165, 1.54) is 25.7 Å². The molecule has 0 bridgehead atoms. The van der Waals surface area contributed by atoms with E-state index in [1.54, 1.807) is 0 Å². The summed E-state index contributed by atoms with van der Waals surface area (Å²) in [5, 5.41) is 0. The number of nitrogens with two attached hydrogens (primary N) is 1. The number of nitrogens with zero attached hydrogens (tertiary/aromatic N) is 1. The molecule has 0 heterocycles. The van der Waals surface area contributed by atoms with E-state index in [4.69, 9.17) is 18.0 Å². The molecule has 1 aliphatic carbocycles. The van der Waals surface area contributed by atoms with E-state index in [9.17, 15) is 0 Å². The summed E-state index contributed by atoms with van der Waals surface area (Å²) >= 11 is 4.97. The maximum absolute atomic E-state index is 5.60. The summed E-state index contributed by atoms with van der Waals surface area (Å²) in [5.74, 6) is 0.817. The molecular formula is C12H24N2S. The molecular weight excluding hydrogens is 204 g/mol. The van der Waals surface area contributed by atoms with Crippen molar-refractivity contribution < 1.29 is 0 Å². The number of thiocarbonyl (C=S) groups is 1. The molecule has 1 fully saturated rings. The van der Waals surface area contributed by atoms with E-state index < -0.39 is 0 Å². The Hall–Kier alpha value is -0.150. The fourth-order valence-corrected chi connectivity index (χ4v) is 2.90. The fraction of sp³-hybridized carbons (Fsp3) is 0.917. The Morgan fingerprint density at radius 3 is 2.60 bits per heavy atom. The van der Waals surface area contributed by atoms with Gasteiger partial charge >= 0.3 is 0 Å². The Balaban J connectivity index is 2.49. The largest absolute Gasteiger partial charge is 0.393 e. The Morgan fingerprint density at radius 2 is 2.07 bits per heavy atom. The average Bonchev–Trinajstić information content (AvgIpc) is 2.16. The van der Waals surface area contributed by atoms with Crippen molar-refractivity contribution in [3.8, 4) is 0 Å².